The molecule has 0 aromatic heterocycles. The minimum absolute atomic E-state index is 0. The summed E-state index contributed by atoms with van der Waals surface area (Å²) >= 11 is 0. The number of aliphatic hydroxyl groups is 1. The first-order valence-electron chi connectivity index (χ1n) is 13.8. The lowest BCUT2D eigenvalue weighted by molar-refractivity contribution is -0.123. The lowest BCUT2D eigenvalue weighted by Gasteiger charge is -2.29. The van der Waals surface area contributed by atoms with Gasteiger partial charge in [-0.2, -0.15) is 0 Å². The fourth-order valence-corrected chi connectivity index (χ4v) is 5.08. The average Bonchev–Trinajstić information content (AvgIpc) is 3.43. The van der Waals surface area contributed by atoms with Crippen LogP contribution < -0.4 is 19.5 Å². The molecule has 3 atom stereocenters. The number of methoxy groups -OCH3 is 2. The number of hydrogen-bond acceptors (Lipinski definition) is 8. The smallest absolute Gasteiger partial charge is 0.220 e. The van der Waals surface area contributed by atoms with E-state index in [0.717, 1.165) is 31.7 Å². The molecule has 0 bridgehead atoms. The van der Waals surface area contributed by atoms with Crippen LogP contribution in [0, 0.1) is 0 Å². The highest BCUT2D eigenvalue weighted by atomic mass is 16.6. The second kappa shape index (κ2) is 15.6. The third-order valence-electron chi connectivity index (χ3n) is 7.37. The lowest BCUT2D eigenvalue weighted by Crippen LogP contribution is -2.47. The first-order valence-corrected chi connectivity index (χ1v) is 13.8. The van der Waals surface area contributed by atoms with Gasteiger partial charge in [-0.05, 0) is 61.2 Å². The Balaban J connectivity index is 0.00000441. The van der Waals surface area contributed by atoms with E-state index in [1.807, 2.05) is 6.07 Å². The van der Waals surface area contributed by atoms with E-state index < -0.39 is 12.1 Å². The van der Waals surface area contributed by atoms with Crippen LogP contribution >= 0.6 is 0 Å². The Bertz CT molecular complexity index is 1090. The van der Waals surface area contributed by atoms with E-state index in [9.17, 15) is 14.7 Å². The molecule has 9 heteroatoms. The number of nitrogens with zero attached hydrogens (tertiary/aromatic N) is 1. The van der Waals surface area contributed by atoms with Crippen molar-refractivity contribution >= 4 is 11.7 Å². The molecule has 2 aromatic rings. The molecule has 4 rings (SSSR count). The van der Waals surface area contributed by atoms with Gasteiger partial charge < -0.3 is 29.4 Å². The van der Waals surface area contributed by atoms with Gasteiger partial charge in [0.15, 0.2) is 17.3 Å². The molecule has 2 aliphatic rings. The Kier molecular flexibility index (Phi) is 12.2. The first kappa shape index (κ1) is 31.4. The number of nitrogens with one attached hydrogen (secondary N) is 1. The van der Waals surface area contributed by atoms with Crippen LogP contribution in [0.15, 0.2) is 42.5 Å². The number of aliphatic hydroxyl groups excluding tert-OH is 1. The summed E-state index contributed by atoms with van der Waals surface area (Å²) in [6.07, 6.45) is 3.11. The van der Waals surface area contributed by atoms with Crippen LogP contribution in [0.2, 0.25) is 0 Å². The Labute approximate surface area is 237 Å². The maximum Gasteiger partial charge on any atom is 0.220 e. The van der Waals surface area contributed by atoms with Crippen LogP contribution in [0.1, 0.15) is 68.0 Å². The van der Waals surface area contributed by atoms with Gasteiger partial charge in [0.2, 0.25) is 5.91 Å². The predicted octanol–water partition coefficient (Wildman–Crippen LogP) is 4.17. The van der Waals surface area contributed by atoms with Crippen LogP contribution in [-0.4, -0.2) is 80.9 Å². The van der Waals surface area contributed by atoms with E-state index in [4.69, 9.17) is 18.9 Å². The average molecular weight is 557 g/mol. The third-order valence-corrected chi connectivity index (χ3v) is 7.37. The molecule has 220 valence electrons. The van der Waals surface area contributed by atoms with E-state index >= 15 is 0 Å². The van der Waals surface area contributed by atoms with E-state index in [2.05, 4.69) is 10.2 Å². The van der Waals surface area contributed by atoms with Crippen molar-refractivity contribution in [3.63, 3.8) is 0 Å². The van der Waals surface area contributed by atoms with Gasteiger partial charge in [-0.25, -0.2) is 0 Å². The lowest BCUT2D eigenvalue weighted by atomic mass is 10.00. The SMILES string of the molecule is C.COc1ccc(C(=O)CCCCCC(=O)N[C@H](CN2CC[C@H](OC)C2)[C@H](O)c2ccc3c(c2)OCCO3)cc1. The molecule has 9 nitrogen and oxygen atoms in total. The molecule has 2 N–H and O–H groups in total. The first-order chi connectivity index (χ1) is 19.0. The Hall–Kier alpha value is -3.14. The third kappa shape index (κ3) is 8.68. The highest BCUT2D eigenvalue weighted by Crippen LogP contribution is 2.33. The number of amides is 1. The van der Waals surface area contributed by atoms with Crippen molar-refractivity contribution < 1.29 is 33.6 Å². The number of unbranched alkanes of at least 4 members (excludes halogenated alkanes) is 2. The van der Waals surface area contributed by atoms with Gasteiger partial charge in [-0.1, -0.05) is 19.9 Å². The van der Waals surface area contributed by atoms with Crippen molar-refractivity contribution in [2.24, 2.45) is 0 Å². The summed E-state index contributed by atoms with van der Waals surface area (Å²) in [6, 6.07) is 12.0. The molecule has 0 saturated carbocycles. The van der Waals surface area contributed by atoms with Crippen molar-refractivity contribution in [3.8, 4) is 17.2 Å². The summed E-state index contributed by atoms with van der Waals surface area (Å²) in [5.41, 5.74) is 1.34. The maximum atomic E-state index is 12.9. The zero-order valence-electron chi connectivity index (χ0n) is 22.9. The molecule has 1 saturated heterocycles. The topological polar surface area (TPSA) is 107 Å². The van der Waals surface area contributed by atoms with Gasteiger partial charge in [0.1, 0.15) is 25.1 Å². The largest absolute Gasteiger partial charge is 0.497 e. The molecule has 2 heterocycles. The highest BCUT2D eigenvalue weighted by Gasteiger charge is 2.30. The van der Waals surface area contributed by atoms with Crippen molar-refractivity contribution in [2.45, 2.75) is 64.2 Å². The van der Waals surface area contributed by atoms with Crippen molar-refractivity contribution in [1.29, 1.82) is 0 Å². The monoisotopic (exact) mass is 556 g/mol. The van der Waals surface area contributed by atoms with Crippen LogP contribution in [0.4, 0.5) is 0 Å². The van der Waals surface area contributed by atoms with Crippen molar-refractivity contribution in [1.82, 2.24) is 10.2 Å². The minimum Gasteiger partial charge on any atom is -0.497 e. The molecule has 0 unspecified atom stereocenters. The number of rotatable bonds is 14. The second-order valence-electron chi connectivity index (χ2n) is 10.1. The predicted molar refractivity (Wildman–Crippen MR) is 153 cm³/mol. The van der Waals surface area contributed by atoms with E-state index in [0.29, 0.717) is 68.1 Å². The molecule has 1 amide bonds. The molecule has 0 spiro atoms. The Morgan fingerprint density at radius 3 is 2.45 bits per heavy atom. The molecule has 0 radical (unpaired) electrons. The van der Waals surface area contributed by atoms with Crippen molar-refractivity contribution in [3.05, 3.63) is 53.6 Å². The zero-order chi connectivity index (χ0) is 27.6. The summed E-state index contributed by atoms with van der Waals surface area (Å²) in [4.78, 5) is 27.5. The number of Topliss-reactive ketones (excluding diaryl/α,β-unsaturated/α-hetero) is 1. The molecule has 1 fully saturated rings. The van der Waals surface area contributed by atoms with E-state index in [-0.39, 0.29) is 25.2 Å². The summed E-state index contributed by atoms with van der Waals surface area (Å²) in [5.74, 6) is 1.96. The number of ether oxygens (including phenoxy) is 4. The summed E-state index contributed by atoms with van der Waals surface area (Å²) in [7, 11) is 3.30. The second-order valence-corrected chi connectivity index (χ2v) is 10.1. The van der Waals surface area contributed by atoms with Gasteiger partial charge in [0.05, 0.1) is 19.3 Å². The molecular weight excluding hydrogens is 512 g/mol. The molecule has 40 heavy (non-hydrogen) atoms. The number of carbonyl (C=O) groups is 2. The van der Waals surface area contributed by atoms with Gasteiger partial charge in [0.25, 0.3) is 0 Å². The van der Waals surface area contributed by atoms with Crippen LogP contribution in [0.5, 0.6) is 17.2 Å². The van der Waals surface area contributed by atoms with Crippen LogP contribution in [0.25, 0.3) is 0 Å². The molecule has 0 aliphatic carbocycles. The van der Waals surface area contributed by atoms with Crippen LogP contribution in [0.3, 0.4) is 0 Å². The fraction of sp³-hybridized carbons (Fsp3) is 0.548. The number of benzene rings is 2. The highest BCUT2D eigenvalue weighted by molar-refractivity contribution is 5.96. The van der Waals surface area contributed by atoms with E-state index in [1.54, 1.807) is 50.6 Å². The number of ketones is 1. The Morgan fingerprint density at radius 2 is 1.75 bits per heavy atom. The number of likely N-dealkylation sites (tertiary alicyclic amines) is 1. The summed E-state index contributed by atoms with van der Waals surface area (Å²) in [5, 5.41) is 14.4. The van der Waals surface area contributed by atoms with Crippen LogP contribution in [-0.2, 0) is 9.53 Å². The standard InChI is InChI=1S/C30H40N2O7.CH4/c1-36-23-11-8-21(9-12-23)26(33)6-4-3-5-7-29(34)31-25(20-32-15-14-24(19-32)37-2)30(35)22-10-13-27-28(18-22)39-17-16-38-27;/h8-13,18,24-25,30,35H,3-7,14-17,19-20H2,1-2H3,(H,31,34);1H4/t24-,25+,30+;/m0./s1. The van der Waals surface area contributed by atoms with Gasteiger partial charge in [-0.15, -0.1) is 0 Å². The van der Waals surface area contributed by atoms with Crippen molar-refractivity contribution in [2.75, 3.05) is 47.1 Å². The number of carbonyl (C=O) groups excluding carboxylic acids is 2. The normalized spacial score (nSPS) is 17.9. The number of hydrogen-bond donors (Lipinski definition) is 2. The van der Waals surface area contributed by atoms with Gasteiger partial charge >= 0.3 is 0 Å². The van der Waals surface area contributed by atoms with E-state index in [1.165, 1.54) is 0 Å². The maximum absolute atomic E-state index is 12.9. The quantitative estimate of drug-likeness (QED) is 0.264. The Morgan fingerprint density at radius 1 is 1.02 bits per heavy atom. The molecular formula is C31H44N2O7. The van der Waals surface area contributed by atoms with Gasteiger partial charge in [-0.3, -0.25) is 14.5 Å². The molecule has 2 aromatic carbocycles. The number of fused-ring (bicyclic) bond motifs is 1. The summed E-state index contributed by atoms with van der Waals surface area (Å²) < 4.78 is 21.9. The minimum atomic E-state index is -0.909. The van der Waals surface area contributed by atoms with Gasteiger partial charge in [0, 0.05) is 45.1 Å². The molecule has 2 aliphatic heterocycles. The fourth-order valence-electron chi connectivity index (χ4n) is 5.08. The zero-order valence-corrected chi connectivity index (χ0v) is 22.9. The summed E-state index contributed by atoms with van der Waals surface area (Å²) in [6.45, 7) is 3.08.